The van der Waals surface area contributed by atoms with Crippen LogP contribution in [0.25, 0.3) is 0 Å². The lowest BCUT2D eigenvalue weighted by Crippen LogP contribution is -2.82. The van der Waals surface area contributed by atoms with Crippen LogP contribution in [0.15, 0.2) is 0 Å². The Bertz CT molecular complexity index is 259. The zero-order chi connectivity index (χ0) is 12.2. The van der Waals surface area contributed by atoms with Crippen LogP contribution in [-0.4, -0.2) is 81.6 Å². The Labute approximate surface area is 82.7 Å². The third kappa shape index (κ3) is 1.38. The van der Waals surface area contributed by atoms with Gasteiger partial charge in [0.2, 0.25) is 5.79 Å². The number of rotatable bonds is 0. The Morgan fingerprint density at radius 1 is 0.600 bits per heavy atom. The molecule has 1 rings (SSSR count). The number of hydrogen-bond donors (Lipinski definition) is 9. The summed E-state index contributed by atoms with van der Waals surface area (Å²) in [6.07, 6.45) is -8.22. The molecule has 0 aliphatic heterocycles. The lowest BCUT2D eigenvalue weighted by molar-refractivity contribution is -0.482. The molecular formula is C6H12O9. The quantitative estimate of drug-likeness (QED) is 0.182. The Kier molecular flexibility index (Phi) is 2.60. The van der Waals surface area contributed by atoms with Gasteiger partial charge in [-0.3, -0.25) is 0 Å². The molecular weight excluding hydrogens is 216 g/mol. The molecule has 9 heteroatoms. The van der Waals surface area contributed by atoms with Gasteiger partial charge in [-0.2, -0.15) is 0 Å². The van der Waals surface area contributed by atoms with Gasteiger partial charge in [0, 0.05) is 0 Å². The minimum atomic E-state index is -3.82. The molecule has 90 valence electrons. The van der Waals surface area contributed by atoms with E-state index in [1.54, 1.807) is 0 Å². The summed E-state index contributed by atoms with van der Waals surface area (Å²) >= 11 is 0. The predicted molar refractivity (Wildman–Crippen MR) is 39.5 cm³/mol. The third-order valence-corrected chi connectivity index (χ3v) is 2.47. The molecule has 0 aromatic carbocycles. The van der Waals surface area contributed by atoms with Crippen molar-refractivity contribution in [2.45, 2.75) is 35.7 Å². The van der Waals surface area contributed by atoms with Crippen LogP contribution in [0.5, 0.6) is 0 Å². The van der Waals surface area contributed by atoms with E-state index < -0.39 is 35.7 Å². The summed E-state index contributed by atoms with van der Waals surface area (Å²) in [4.78, 5) is 0. The van der Waals surface area contributed by atoms with Gasteiger partial charge < -0.3 is 46.0 Å². The highest BCUT2D eigenvalue weighted by Gasteiger charge is 2.72. The monoisotopic (exact) mass is 228 g/mol. The lowest BCUT2D eigenvalue weighted by atomic mass is 9.77. The summed E-state index contributed by atoms with van der Waals surface area (Å²) in [5.74, 6) is -11.0. The van der Waals surface area contributed by atoms with Crippen molar-refractivity contribution < 1.29 is 46.0 Å². The van der Waals surface area contributed by atoms with Gasteiger partial charge in [0.1, 0.15) is 12.2 Å². The maximum Gasteiger partial charge on any atom is 0.253 e. The fraction of sp³-hybridized carbons (Fsp3) is 1.00. The average molecular weight is 228 g/mol. The largest absolute Gasteiger partial charge is 0.384 e. The molecule has 0 aromatic heterocycles. The van der Waals surface area contributed by atoms with Gasteiger partial charge in [0.15, 0.2) is 6.10 Å². The van der Waals surface area contributed by atoms with Crippen LogP contribution in [-0.2, 0) is 0 Å². The Morgan fingerprint density at radius 2 is 1.00 bits per heavy atom. The third-order valence-electron chi connectivity index (χ3n) is 2.47. The SMILES string of the molecule is O[C@@H]1[C@@H](O)C(O)(O)C(O)(O)[C@H](O)C1(O)O. The van der Waals surface area contributed by atoms with Crippen molar-refractivity contribution in [2.24, 2.45) is 0 Å². The Hall–Kier alpha value is -0.360. The van der Waals surface area contributed by atoms with Crippen molar-refractivity contribution in [3.63, 3.8) is 0 Å². The molecule has 15 heavy (non-hydrogen) atoms. The van der Waals surface area contributed by atoms with E-state index in [0.717, 1.165) is 0 Å². The maximum atomic E-state index is 9.01. The first kappa shape index (κ1) is 12.7. The van der Waals surface area contributed by atoms with Crippen molar-refractivity contribution in [2.75, 3.05) is 0 Å². The van der Waals surface area contributed by atoms with Crippen LogP contribution >= 0.6 is 0 Å². The zero-order valence-corrected chi connectivity index (χ0v) is 7.26. The first-order valence-electron chi connectivity index (χ1n) is 3.85. The minimum Gasteiger partial charge on any atom is -0.384 e. The summed E-state index contributed by atoms with van der Waals surface area (Å²) < 4.78 is 0. The van der Waals surface area contributed by atoms with Gasteiger partial charge in [0.05, 0.1) is 0 Å². The van der Waals surface area contributed by atoms with E-state index in [-0.39, 0.29) is 0 Å². The highest BCUT2D eigenvalue weighted by Crippen LogP contribution is 2.38. The van der Waals surface area contributed by atoms with Gasteiger partial charge in [-0.15, -0.1) is 0 Å². The molecule has 0 amide bonds. The van der Waals surface area contributed by atoms with Crippen LogP contribution in [0.1, 0.15) is 0 Å². The molecule has 0 unspecified atom stereocenters. The summed E-state index contributed by atoms with van der Waals surface area (Å²) in [6, 6.07) is 0. The fourth-order valence-corrected chi connectivity index (χ4v) is 1.33. The van der Waals surface area contributed by atoms with E-state index in [9.17, 15) is 0 Å². The first-order valence-corrected chi connectivity index (χ1v) is 3.85. The molecule has 9 N–H and O–H groups in total. The molecule has 9 nitrogen and oxygen atoms in total. The van der Waals surface area contributed by atoms with E-state index in [0.29, 0.717) is 0 Å². The van der Waals surface area contributed by atoms with Crippen LogP contribution in [0, 0.1) is 0 Å². The molecule has 0 radical (unpaired) electrons. The molecule has 0 bridgehead atoms. The van der Waals surface area contributed by atoms with E-state index >= 15 is 0 Å². The fourth-order valence-electron chi connectivity index (χ4n) is 1.33. The molecule has 0 saturated heterocycles. The summed E-state index contributed by atoms with van der Waals surface area (Å²) in [5.41, 5.74) is 0. The minimum absolute atomic E-state index is 2.60. The Morgan fingerprint density at radius 3 is 1.40 bits per heavy atom. The molecule has 1 saturated carbocycles. The highest BCUT2D eigenvalue weighted by molar-refractivity contribution is 5.10. The molecule has 3 atom stereocenters. The van der Waals surface area contributed by atoms with Gasteiger partial charge in [-0.05, 0) is 0 Å². The normalized spacial score (nSPS) is 42.6. The Balaban J connectivity index is 3.24. The lowest BCUT2D eigenvalue weighted by Gasteiger charge is -2.51. The smallest absolute Gasteiger partial charge is 0.253 e. The first-order chi connectivity index (χ1) is 6.47. The summed E-state index contributed by atoms with van der Waals surface area (Å²) in [5, 5.41) is 81.0. The molecule has 0 heterocycles. The van der Waals surface area contributed by atoms with E-state index in [1.165, 1.54) is 0 Å². The average Bonchev–Trinajstić information content (AvgIpc) is 2.12. The van der Waals surface area contributed by atoms with Gasteiger partial charge in [-0.1, -0.05) is 0 Å². The molecule has 1 fully saturated rings. The molecule has 0 aromatic rings. The van der Waals surface area contributed by atoms with Crippen molar-refractivity contribution in [3.8, 4) is 0 Å². The van der Waals surface area contributed by atoms with Crippen molar-refractivity contribution in [1.82, 2.24) is 0 Å². The number of aliphatic hydroxyl groups is 9. The van der Waals surface area contributed by atoms with Gasteiger partial charge >= 0.3 is 0 Å². The topological polar surface area (TPSA) is 182 Å². The van der Waals surface area contributed by atoms with E-state index in [4.69, 9.17) is 46.0 Å². The van der Waals surface area contributed by atoms with Crippen molar-refractivity contribution >= 4 is 0 Å². The number of aliphatic hydroxyl groups excluding tert-OH is 3. The second kappa shape index (κ2) is 3.07. The zero-order valence-electron chi connectivity index (χ0n) is 7.26. The molecule has 1 aliphatic carbocycles. The standard InChI is InChI=1S/C6H12O9/c7-1-2(8)5(12,13)6(14,15)3(9)4(1,10)11/h1-3,7-15H/t1-,2-,3-/m1/s1. The molecule has 0 spiro atoms. The maximum absolute atomic E-state index is 9.01. The van der Waals surface area contributed by atoms with Crippen LogP contribution < -0.4 is 0 Å². The predicted octanol–water partition coefficient (Wildman–Crippen LogP) is -5.87. The van der Waals surface area contributed by atoms with Crippen LogP contribution in [0.2, 0.25) is 0 Å². The number of hydrogen-bond acceptors (Lipinski definition) is 9. The second-order valence-corrected chi connectivity index (χ2v) is 3.53. The van der Waals surface area contributed by atoms with Crippen LogP contribution in [0.4, 0.5) is 0 Å². The van der Waals surface area contributed by atoms with E-state index in [2.05, 4.69) is 0 Å². The van der Waals surface area contributed by atoms with Crippen molar-refractivity contribution in [1.29, 1.82) is 0 Å². The molecule has 1 aliphatic rings. The second-order valence-electron chi connectivity index (χ2n) is 3.53. The highest BCUT2D eigenvalue weighted by atomic mass is 16.6. The summed E-state index contributed by atoms with van der Waals surface area (Å²) in [6.45, 7) is 0. The van der Waals surface area contributed by atoms with E-state index in [1.807, 2.05) is 0 Å². The van der Waals surface area contributed by atoms with Gasteiger partial charge in [0.25, 0.3) is 11.6 Å². The van der Waals surface area contributed by atoms with Crippen LogP contribution in [0.3, 0.4) is 0 Å². The van der Waals surface area contributed by atoms with Gasteiger partial charge in [-0.25, -0.2) is 0 Å². The van der Waals surface area contributed by atoms with Crippen molar-refractivity contribution in [3.05, 3.63) is 0 Å². The summed E-state index contributed by atoms with van der Waals surface area (Å²) in [7, 11) is 0.